The van der Waals surface area contributed by atoms with Crippen molar-refractivity contribution in [3.8, 4) is 5.75 Å². The van der Waals surface area contributed by atoms with Crippen molar-refractivity contribution in [3.63, 3.8) is 0 Å². The number of phenolic OH excluding ortho intramolecular Hbond substituents is 1. The molecule has 0 radical (unpaired) electrons. The Morgan fingerprint density at radius 1 is 1.25 bits per heavy atom. The van der Waals surface area contributed by atoms with Gasteiger partial charge < -0.3 is 25.4 Å². The van der Waals surface area contributed by atoms with E-state index in [-0.39, 0.29) is 24.2 Å². The molecule has 1 aromatic rings. The van der Waals surface area contributed by atoms with Gasteiger partial charge in [-0.1, -0.05) is 12.2 Å². The highest BCUT2D eigenvalue weighted by atomic mass is 19.1. The second kappa shape index (κ2) is 9.48. The lowest BCUT2D eigenvalue weighted by molar-refractivity contribution is -0.130. The van der Waals surface area contributed by atoms with Crippen molar-refractivity contribution in [2.24, 2.45) is 0 Å². The van der Waals surface area contributed by atoms with E-state index in [4.69, 9.17) is 4.74 Å². The van der Waals surface area contributed by atoms with Crippen molar-refractivity contribution in [2.75, 3.05) is 11.9 Å². The first-order valence-corrected chi connectivity index (χ1v) is 8.99. The van der Waals surface area contributed by atoms with Crippen molar-refractivity contribution < 1.29 is 34.0 Å². The molecule has 3 unspecified atom stereocenters. The number of ether oxygens (including phenoxy) is 1. The van der Waals surface area contributed by atoms with Gasteiger partial charge in [0.1, 0.15) is 23.5 Å². The molecule has 0 aliphatic carbocycles. The lowest BCUT2D eigenvalue weighted by atomic mass is 10.0. The summed E-state index contributed by atoms with van der Waals surface area (Å²) < 4.78 is 19.1. The maximum absolute atomic E-state index is 13.9. The highest BCUT2D eigenvalue weighted by molar-refractivity contribution is 5.98. The number of benzene rings is 1. The van der Waals surface area contributed by atoms with E-state index in [0.717, 1.165) is 6.08 Å². The summed E-state index contributed by atoms with van der Waals surface area (Å²) >= 11 is 0. The molecule has 1 aliphatic heterocycles. The number of hydrogen-bond acceptors (Lipinski definition) is 7. The molecule has 4 N–H and O–H groups in total. The zero-order valence-electron chi connectivity index (χ0n) is 15.7. The second-order valence-corrected chi connectivity index (χ2v) is 6.51. The van der Waals surface area contributed by atoms with Gasteiger partial charge in [-0.15, -0.1) is 0 Å². The Hall–Kier alpha value is -2.71. The van der Waals surface area contributed by atoms with Crippen LogP contribution < -0.4 is 5.32 Å². The number of Topliss-reactive ketones (excluding diaryl/α,β-unsaturated/α-hetero) is 1. The number of carbonyl (C=O) groups is 2. The first-order chi connectivity index (χ1) is 13.2. The van der Waals surface area contributed by atoms with Crippen LogP contribution in [0.2, 0.25) is 0 Å². The highest BCUT2D eigenvalue weighted by Crippen LogP contribution is 2.29. The van der Waals surface area contributed by atoms with Crippen LogP contribution >= 0.6 is 0 Å². The van der Waals surface area contributed by atoms with E-state index in [2.05, 4.69) is 5.32 Å². The predicted molar refractivity (Wildman–Crippen MR) is 102 cm³/mol. The summed E-state index contributed by atoms with van der Waals surface area (Å²) in [6, 6.07) is 3.02. The van der Waals surface area contributed by atoms with Crippen LogP contribution in [0, 0.1) is 0 Å². The molecular formula is C20H24FNO6. The maximum Gasteiger partial charge on any atom is 0.342 e. The predicted octanol–water partition coefficient (Wildman–Crippen LogP) is 2.32. The summed E-state index contributed by atoms with van der Waals surface area (Å²) in [5.74, 6) is -3.54. The van der Waals surface area contributed by atoms with Gasteiger partial charge in [0.05, 0.1) is 6.10 Å². The van der Waals surface area contributed by atoms with Gasteiger partial charge in [0.2, 0.25) is 5.78 Å². The van der Waals surface area contributed by atoms with Gasteiger partial charge in [0.25, 0.3) is 0 Å². The van der Waals surface area contributed by atoms with Crippen LogP contribution in [0.15, 0.2) is 30.1 Å². The molecule has 1 aliphatic rings. The monoisotopic (exact) mass is 393 g/mol. The SMILES string of the molecule is CCNc1cc(O)c2c(c1)/C=C/CC(O)C(O)C(=O)/C(F)=C\CC(C)OC2=O. The molecule has 0 amide bonds. The number of phenols is 1. The molecule has 0 saturated carbocycles. The van der Waals surface area contributed by atoms with Crippen LogP contribution in [0.1, 0.15) is 42.6 Å². The number of ketones is 1. The van der Waals surface area contributed by atoms with Gasteiger partial charge in [0, 0.05) is 24.7 Å². The van der Waals surface area contributed by atoms with Crippen LogP contribution in [0.3, 0.4) is 0 Å². The second-order valence-electron chi connectivity index (χ2n) is 6.51. The Kier molecular flexibility index (Phi) is 7.31. The fourth-order valence-corrected chi connectivity index (χ4v) is 2.75. The number of fused-ring (bicyclic) bond motifs is 1. The van der Waals surface area contributed by atoms with Gasteiger partial charge in [-0.3, -0.25) is 4.79 Å². The van der Waals surface area contributed by atoms with Crippen molar-refractivity contribution in [2.45, 2.75) is 45.0 Å². The summed E-state index contributed by atoms with van der Waals surface area (Å²) in [6.07, 6.45) is -0.746. The van der Waals surface area contributed by atoms with E-state index < -0.39 is 35.9 Å². The fraction of sp³-hybridized carbons (Fsp3) is 0.400. The minimum atomic E-state index is -1.91. The topological polar surface area (TPSA) is 116 Å². The van der Waals surface area contributed by atoms with E-state index in [1.54, 1.807) is 6.07 Å². The molecule has 2 rings (SSSR count). The van der Waals surface area contributed by atoms with Gasteiger partial charge in [-0.2, -0.15) is 0 Å². The quantitative estimate of drug-likeness (QED) is 0.570. The molecule has 0 aromatic heterocycles. The summed E-state index contributed by atoms with van der Waals surface area (Å²) in [6.45, 7) is 3.97. The van der Waals surface area contributed by atoms with E-state index in [9.17, 15) is 29.3 Å². The van der Waals surface area contributed by atoms with E-state index in [1.807, 2.05) is 6.92 Å². The van der Waals surface area contributed by atoms with Gasteiger partial charge in [0.15, 0.2) is 5.83 Å². The zero-order chi connectivity index (χ0) is 20.8. The number of aromatic hydroxyl groups is 1. The van der Waals surface area contributed by atoms with Crippen LogP contribution in [-0.2, 0) is 9.53 Å². The fourth-order valence-electron chi connectivity index (χ4n) is 2.75. The highest BCUT2D eigenvalue weighted by Gasteiger charge is 2.27. The van der Waals surface area contributed by atoms with E-state index >= 15 is 0 Å². The molecule has 0 fully saturated rings. The van der Waals surface area contributed by atoms with Gasteiger partial charge >= 0.3 is 5.97 Å². The van der Waals surface area contributed by atoms with Crippen LogP contribution in [0.4, 0.5) is 10.1 Å². The van der Waals surface area contributed by atoms with Gasteiger partial charge in [-0.25, -0.2) is 9.18 Å². The Balaban J connectivity index is 2.48. The molecule has 152 valence electrons. The minimum Gasteiger partial charge on any atom is -0.507 e. The normalized spacial score (nSPS) is 27.0. The summed E-state index contributed by atoms with van der Waals surface area (Å²) in [4.78, 5) is 24.4. The minimum absolute atomic E-state index is 0.0719. The number of anilines is 1. The molecule has 8 heteroatoms. The number of aliphatic hydroxyl groups is 2. The molecule has 0 spiro atoms. The van der Waals surface area contributed by atoms with Gasteiger partial charge in [-0.05, 0) is 38.0 Å². The lowest BCUT2D eigenvalue weighted by Crippen LogP contribution is -2.34. The maximum atomic E-state index is 13.9. The number of nitrogens with one attached hydrogen (secondary N) is 1. The summed E-state index contributed by atoms with van der Waals surface area (Å²) in [5, 5.41) is 33.1. The number of rotatable bonds is 2. The van der Waals surface area contributed by atoms with Crippen LogP contribution in [-0.4, -0.2) is 51.9 Å². The van der Waals surface area contributed by atoms with Crippen molar-refractivity contribution in [1.29, 1.82) is 0 Å². The number of cyclic esters (lactones) is 1. The molecular weight excluding hydrogens is 369 g/mol. The molecule has 3 atom stereocenters. The largest absolute Gasteiger partial charge is 0.507 e. The standard InChI is InChI=1S/C20H24FNO6/c1-3-22-13-9-12-5-4-6-15(23)19(26)18(25)14(21)8-7-11(2)28-20(27)17(12)16(24)10-13/h4-5,8-11,15,19,22-24,26H,3,6-7H2,1-2H3/b5-4+,14-8+. The average molecular weight is 393 g/mol. The zero-order valence-corrected chi connectivity index (χ0v) is 15.7. The number of aliphatic hydroxyl groups excluding tert-OH is 2. The Morgan fingerprint density at radius 2 is 1.96 bits per heavy atom. The smallest absolute Gasteiger partial charge is 0.342 e. The Bertz CT molecular complexity index is 804. The van der Waals surface area contributed by atoms with Crippen LogP contribution in [0.25, 0.3) is 6.08 Å². The van der Waals surface area contributed by atoms with E-state index in [1.165, 1.54) is 25.1 Å². The van der Waals surface area contributed by atoms with Crippen molar-refractivity contribution >= 4 is 23.5 Å². The van der Waals surface area contributed by atoms with E-state index in [0.29, 0.717) is 17.8 Å². The third kappa shape index (κ3) is 5.17. The number of halogens is 1. The number of esters is 1. The first kappa shape index (κ1) is 21.6. The van der Waals surface area contributed by atoms with Crippen LogP contribution in [0.5, 0.6) is 5.75 Å². The molecule has 7 nitrogen and oxygen atoms in total. The number of carbonyl (C=O) groups excluding carboxylic acids is 2. The van der Waals surface area contributed by atoms with Crippen molar-refractivity contribution in [3.05, 3.63) is 41.2 Å². The molecule has 0 bridgehead atoms. The molecule has 1 heterocycles. The third-order valence-electron chi connectivity index (χ3n) is 4.21. The Labute approximate surface area is 162 Å². The Morgan fingerprint density at radius 3 is 2.64 bits per heavy atom. The average Bonchev–Trinajstić information content (AvgIpc) is 2.63. The number of hydrogen-bond donors (Lipinski definition) is 4. The summed E-state index contributed by atoms with van der Waals surface area (Å²) in [5.41, 5.74) is 0.837. The summed E-state index contributed by atoms with van der Waals surface area (Å²) in [7, 11) is 0. The van der Waals surface area contributed by atoms with Crippen molar-refractivity contribution in [1.82, 2.24) is 0 Å². The molecule has 0 saturated heterocycles. The third-order valence-corrected chi connectivity index (χ3v) is 4.21. The lowest BCUT2D eigenvalue weighted by Gasteiger charge is -2.17. The molecule has 28 heavy (non-hydrogen) atoms. The first-order valence-electron chi connectivity index (χ1n) is 8.99. The molecule has 1 aromatic carbocycles.